The Morgan fingerprint density at radius 1 is 1.44 bits per heavy atom. The number of anilines is 1. The maximum Gasteiger partial charge on any atom is 0.227 e. The summed E-state index contributed by atoms with van der Waals surface area (Å²) in [5, 5.41) is 11.9. The molecule has 1 saturated carbocycles. The minimum absolute atomic E-state index is 0.0590. The van der Waals surface area contributed by atoms with E-state index in [9.17, 15) is 4.79 Å². The molecule has 18 heavy (non-hydrogen) atoms. The van der Waals surface area contributed by atoms with Crippen molar-refractivity contribution in [2.45, 2.75) is 39.2 Å². The van der Waals surface area contributed by atoms with E-state index in [1.807, 2.05) is 0 Å². The van der Waals surface area contributed by atoms with E-state index < -0.39 is 0 Å². The molecule has 1 aromatic rings. The number of aliphatic hydroxyl groups excluding tert-OH is 1. The zero-order valence-electron chi connectivity index (χ0n) is 10.7. The van der Waals surface area contributed by atoms with Crippen LogP contribution in [0.3, 0.4) is 0 Å². The average Bonchev–Trinajstić information content (AvgIpc) is 2.39. The number of rotatable bonds is 3. The summed E-state index contributed by atoms with van der Waals surface area (Å²) in [5.74, 6) is 0.642. The van der Waals surface area contributed by atoms with Gasteiger partial charge < -0.3 is 10.4 Å². The third-order valence-electron chi connectivity index (χ3n) is 3.69. The minimum Gasteiger partial charge on any atom is -0.392 e. The normalized spacial score (nSPS) is 23.7. The molecule has 1 fully saturated rings. The molecule has 0 radical (unpaired) electrons. The Morgan fingerprint density at radius 3 is 2.94 bits per heavy atom. The fourth-order valence-electron chi connectivity index (χ4n) is 2.58. The first kappa shape index (κ1) is 13.0. The van der Waals surface area contributed by atoms with Gasteiger partial charge in [-0.3, -0.25) is 9.78 Å². The van der Waals surface area contributed by atoms with Crippen LogP contribution in [0.25, 0.3) is 0 Å². The zero-order valence-corrected chi connectivity index (χ0v) is 10.7. The van der Waals surface area contributed by atoms with E-state index in [0.717, 1.165) is 19.3 Å². The largest absolute Gasteiger partial charge is 0.392 e. The van der Waals surface area contributed by atoms with Gasteiger partial charge in [0.25, 0.3) is 0 Å². The predicted octanol–water partition coefficient (Wildman–Crippen LogP) is 2.34. The molecule has 2 unspecified atom stereocenters. The van der Waals surface area contributed by atoms with Crippen molar-refractivity contribution in [3.8, 4) is 0 Å². The summed E-state index contributed by atoms with van der Waals surface area (Å²) >= 11 is 0. The van der Waals surface area contributed by atoms with Crippen molar-refractivity contribution < 1.29 is 9.90 Å². The fraction of sp³-hybridized carbons (Fsp3) is 0.571. The molecule has 4 heteroatoms. The van der Waals surface area contributed by atoms with Crippen LogP contribution in [-0.2, 0) is 11.4 Å². The summed E-state index contributed by atoms with van der Waals surface area (Å²) in [6, 6.07) is 1.76. The first-order valence-electron chi connectivity index (χ1n) is 6.56. The van der Waals surface area contributed by atoms with Gasteiger partial charge in [0, 0.05) is 12.1 Å². The topological polar surface area (TPSA) is 62.2 Å². The molecule has 98 valence electrons. The van der Waals surface area contributed by atoms with E-state index >= 15 is 0 Å². The van der Waals surface area contributed by atoms with Gasteiger partial charge >= 0.3 is 0 Å². The van der Waals surface area contributed by atoms with Gasteiger partial charge in [-0.15, -0.1) is 0 Å². The van der Waals surface area contributed by atoms with Crippen molar-refractivity contribution in [3.63, 3.8) is 0 Å². The molecule has 0 aliphatic heterocycles. The summed E-state index contributed by atoms with van der Waals surface area (Å²) < 4.78 is 0. The molecule has 1 heterocycles. The molecule has 1 amide bonds. The van der Waals surface area contributed by atoms with Gasteiger partial charge in [-0.05, 0) is 30.4 Å². The lowest BCUT2D eigenvalue weighted by atomic mass is 9.80. The molecular formula is C14H20N2O2. The summed E-state index contributed by atoms with van der Waals surface area (Å²) in [5.41, 5.74) is 1.38. The number of hydrogen-bond donors (Lipinski definition) is 2. The first-order chi connectivity index (χ1) is 8.70. The molecule has 4 nitrogen and oxygen atoms in total. The van der Waals surface area contributed by atoms with Gasteiger partial charge in [-0.2, -0.15) is 0 Å². The van der Waals surface area contributed by atoms with Crippen LogP contribution in [0, 0.1) is 11.8 Å². The lowest BCUT2D eigenvalue weighted by Crippen LogP contribution is -2.30. The number of hydrogen-bond acceptors (Lipinski definition) is 3. The number of nitrogens with one attached hydrogen (secondary N) is 1. The smallest absolute Gasteiger partial charge is 0.227 e. The predicted molar refractivity (Wildman–Crippen MR) is 69.9 cm³/mol. The lowest BCUT2D eigenvalue weighted by molar-refractivity contribution is -0.122. The van der Waals surface area contributed by atoms with Crippen LogP contribution in [0.4, 0.5) is 5.69 Å². The minimum atomic E-state index is -0.0590. The second-order valence-corrected chi connectivity index (χ2v) is 5.10. The van der Waals surface area contributed by atoms with E-state index in [0.29, 0.717) is 17.2 Å². The Balaban J connectivity index is 2.01. The zero-order chi connectivity index (χ0) is 13.0. The van der Waals surface area contributed by atoms with E-state index in [4.69, 9.17) is 5.11 Å². The van der Waals surface area contributed by atoms with Gasteiger partial charge in [-0.1, -0.05) is 19.8 Å². The molecule has 0 spiro atoms. The SMILES string of the molecule is CC1CCCCC1C(=O)Nc1cncc(CO)c1. The molecule has 2 N–H and O–H groups in total. The molecule has 0 aromatic carbocycles. The standard InChI is InChI=1S/C14H20N2O2/c1-10-4-2-3-5-13(10)14(18)16-12-6-11(9-17)7-15-8-12/h6-8,10,13,17H,2-5,9H2,1H3,(H,16,18). The van der Waals surface area contributed by atoms with Gasteiger partial charge in [0.1, 0.15) is 0 Å². The number of pyridine rings is 1. The lowest BCUT2D eigenvalue weighted by Gasteiger charge is -2.27. The summed E-state index contributed by atoms with van der Waals surface area (Å²) in [7, 11) is 0. The van der Waals surface area contributed by atoms with E-state index in [-0.39, 0.29) is 18.4 Å². The summed E-state index contributed by atoms with van der Waals surface area (Å²) in [4.78, 5) is 16.2. The molecule has 1 aromatic heterocycles. The van der Waals surface area contributed by atoms with Crippen LogP contribution in [0.15, 0.2) is 18.5 Å². The Kier molecular flexibility index (Phi) is 4.31. The number of amides is 1. The number of carbonyl (C=O) groups excluding carboxylic acids is 1. The van der Waals surface area contributed by atoms with Crippen LogP contribution in [0.1, 0.15) is 38.2 Å². The van der Waals surface area contributed by atoms with Crippen LogP contribution < -0.4 is 5.32 Å². The molecule has 1 aliphatic rings. The highest BCUT2D eigenvalue weighted by atomic mass is 16.3. The highest BCUT2D eigenvalue weighted by Gasteiger charge is 2.27. The summed E-state index contributed by atoms with van der Waals surface area (Å²) in [6.07, 6.45) is 7.68. The van der Waals surface area contributed by atoms with Crippen molar-refractivity contribution in [2.24, 2.45) is 11.8 Å². The number of aliphatic hydroxyl groups is 1. The van der Waals surface area contributed by atoms with Gasteiger partial charge in [0.2, 0.25) is 5.91 Å². The van der Waals surface area contributed by atoms with Crippen molar-refractivity contribution >= 4 is 11.6 Å². The van der Waals surface area contributed by atoms with Gasteiger partial charge in [0.05, 0.1) is 18.5 Å². The second-order valence-electron chi connectivity index (χ2n) is 5.10. The molecule has 0 bridgehead atoms. The molecule has 2 atom stereocenters. The fourth-order valence-corrected chi connectivity index (χ4v) is 2.58. The maximum atomic E-state index is 12.2. The third-order valence-corrected chi connectivity index (χ3v) is 3.69. The molecule has 2 rings (SSSR count). The second kappa shape index (κ2) is 5.96. The van der Waals surface area contributed by atoms with Gasteiger partial charge in [-0.25, -0.2) is 0 Å². The van der Waals surface area contributed by atoms with Crippen molar-refractivity contribution in [1.29, 1.82) is 0 Å². The van der Waals surface area contributed by atoms with Crippen molar-refractivity contribution in [3.05, 3.63) is 24.0 Å². The Hall–Kier alpha value is -1.42. The number of carbonyl (C=O) groups is 1. The quantitative estimate of drug-likeness (QED) is 0.863. The highest BCUT2D eigenvalue weighted by molar-refractivity contribution is 5.92. The van der Waals surface area contributed by atoms with Crippen LogP contribution in [0.5, 0.6) is 0 Å². The van der Waals surface area contributed by atoms with Crippen LogP contribution in [0.2, 0.25) is 0 Å². The Morgan fingerprint density at radius 2 is 2.22 bits per heavy atom. The van der Waals surface area contributed by atoms with E-state index in [1.165, 1.54) is 6.42 Å². The summed E-state index contributed by atoms with van der Waals surface area (Å²) in [6.45, 7) is 2.09. The number of nitrogens with zero attached hydrogens (tertiary/aromatic N) is 1. The van der Waals surface area contributed by atoms with E-state index in [2.05, 4.69) is 17.2 Å². The highest BCUT2D eigenvalue weighted by Crippen LogP contribution is 2.30. The Bertz CT molecular complexity index is 420. The van der Waals surface area contributed by atoms with Crippen LogP contribution in [-0.4, -0.2) is 16.0 Å². The maximum absolute atomic E-state index is 12.2. The first-order valence-corrected chi connectivity index (χ1v) is 6.56. The van der Waals surface area contributed by atoms with Crippen LogP contribution >= 0.6 is 0 Å². The molecule has 0 saturated heterocycles. The average molecular weight is 248 g/mol. The van der Waals surface area contributed by atoms with Crippen molar-refractivity contribution in [1.82, 2.24) is 4.98 Å². The number of aromatic nitrogens is 1. The Labute approximate surface area is 107 Å². The van der Waals surface area contributed by atoms with E-state index in [1.54, 1.807) is 18.5 Å². The molecule has 1 aliphatic carbocycles. The molecular weight excluding hydrogens is 228 g/mol. The monoisotopic (exact) mass is 248 g/mol. The third kappa shape index (κ3) is 3.07. The van der Waals surface area contributed by atoms with Crippen molar-refractivity contribution in [2.75, 3.05) is 5.32 Å². The van der Waals surface area contributed by atoms with Gasteiger partial charge in [0.15, 0.2) is 0 Å².